The molecule has 18 heavy (non-hydrogen) atoms. The quantitative estimate of drug-likeness (QED) is 0.834. The van der Waals surface area contributed by atoms with E-state index in [-0.39, 0.29) is 12.1 Å². The highest BCUT2D eigenvalue weighted by Crippen LogP contribution is 2.34. The van der Waals surface area contributed by atoms with Gasteiger partial charge in [0, 0.05) is 25.2 Å². The first-order valence-electron chi connectivity index (χ1n) is 6.09. The van der Waals surface area contributed by atoms with E-state index in [2.05, 4.69) is 10.3 Å². The van der Waals surface area contributed by atoms with Gasteiger partial charge < -0.3 is 10.2 Å². The van der Waals surface area contributed by atoms with Gasteiger partial charge in [0.25, 0.3) is 0 Å². The summed E-state index contributed by atoms with van der Waals surface area (Å²) in [4.78, 5) is 5.83. The Morgan fingerprint density at radius 1 is 1.17 bits per heavy atom. The topological polar surface area (TPSA) is 28.2 Å². The lowest BCUT2D eigenvalue weighted by molar-refractivity contribution is -0.141. The fourth-order valence-corrected chi connectivity index (χ4v) is 2.88. The number of anilines is 1. The molecule has 0 saturated carbocycles. The van der Waals surface area contributed by atoms with Crippen molar-refractivity contribution in [3.8, 4) is 0 Å². The first-order valence-corrected chi connectivity index (χ1v) is 6.09. The fourth-order valence-electron chi connectivity index (χ4n) is 2.88. The Bertz CT molecular complexity index is 430. The lowest BCUT2D eigenvalue weighted by Crippen LogP contribution is -2.52. The number of nitrogens with one attached hydrogen (secondary N) is 1. The average Bonchev–Trinajstić information content (AvgIpc) is 2.58. The van der Waals surface area contributed by atoms with Crippen LogP contribution in [0.3, 0.4) is 0 Å². The van der Waals surface area contributed by atoms with Crippen molar-refractivity contribution in [3.05, 3.63) is 23.9 Å². The van der Waals surface area contributed by atoms with Crippen LogP contribution in [-0.2, 0) is 6.18 Å². The largest absolute Gasteiger partial charge is 0.433 e. The molecule has 3 nitrogen and oxygen atoms in total. The van der Waals surface area contributed by atoms with E-state index in [1.807, 2.05) is 4.90 Å². The number of hydrogen-bond acceptors (Lipinski definition) is 3. The molecule has 98 valence electrons. The molecule has 2 aliphatic heterocycles. The van der Waals surface area contributed by atoms with Crippen molar-refractivity contribution < 1.29 is 13.2 Å². The van der Waals surface area contributed by atoms with Crippen LogP contribution in [0.2, 0.25) is 0 Å². The Labute approximate surface area is 103 Å². The summed E-state index contributed by atoms with van der Waals surface area (Å²) in [5, 5.41) is 3.30. The third kappa shape index (κ3) is 1.94. The Morgan fingerprint density at radius 2 is 1.83 bits per heavy atom. The van der Waals surface area contributed by atoms with E-state index in [9.17, 15) is 13.2 Å². The summed E-state index contributed by atoms with van der Waals surface area (Å²) < 4.78 is 38.0. The van der Waals surface area contributed by atoms with Crippen molar-refractivity contribution in [1.82, 2.24) is 10.3 Å². The third-order valence-corrected chi connectivity index (χ3v) is 3.67. The predicted octanol–water partition coefficient (Wildman–Crippen LogP) is 2.04. The van der Waals surface area contributed by atoms with Crippen LogP contribution in [0.5, 0.6) is 0 Å². The number of hydrogen-bond donors (Lipinski definition) is 1. The first-order chi connectivity index (χ1) is 8.55. The molecular formula is C12H14F3N3. The van der Waals surface area contributed by atoms with E-state index in [1.165, 1.54) is 6.07 Å². The molecule has 1 N–H and O–H groups in total. The number of fused-ring (bicyclic) bond motifs is 2. The maximum Gasteiger partial charge on any atom is 0.433 e. The van der Waals surface area contributed by atoms with Gasteiger partial charge in [0.15, 0.2) is 0 Å². The van der Waals surface area contributed by atoms with Gasteiger partial charge in [-0.15, -0.1) is 0 Å². The minimum atomic E-state index is -4.37. The van der Waals surface area contributed by atoms with E-state index in [0.29, 0.717) is 5.82 Å². The molecule has 1 aromatic heterocycles. The van der Waals surface area contributed by atoms with Gasteiger partial charge in [-0.3, -0.25) is 0 Å². The molecule has 3 rings (SSSR count). The van der Waals surface area contributed by atoms with E-state index in [1.54, 1.807) is 6.07 Å². The molecule has 2 fully saturated rings. The molecular weight excluding hydrogens is 243 g/mol. The van der Waals surface area contributed by atoms with Crippen LogP contribution >= 0.6 is 0 Å². The van der Waals surface area contributed by atoms with Gasteiger partial charge >= 0.3 is 6.18 Å². The van der Waals surface area contributed by atoms with E-state index in [4.69, 9.17) is 0 Å². The van der Waals surface area contributed by atoms with Crippen LogP contribution in [0.4, 0.5) is 19.0 Å². The van der Waals surface area contributed by atoms with Crippen molar-refractivity contribution in [2.45, 2.75) is 31.1 Å². The van der Waals surface area contributed by atoms with Gasteiger partial charge in [0.1, 0.15) is 11.5 Å². The molecule has 1 aromatic rings. The van der Waals surface area contributed by atoms with Crippen molar-refractivity contribution in [3.63, 3.8) is 0 Å². The normalized spacial score (nSPS) is 27.6. The van der Waals surface area contributed by atoms with Crippen molar-refractivity contribution in [1.29, 1.82) is 0 Å². The minimum absolute atomic E-state index is 0.278. The summed E-state index contributed by atoms with van der Waals surface area (Å²) in [7, 11) is 0. The van der Waals surface area contributed by atoms with Crippen LogP contribution in [0.25, 0.3) is 0 Å². The van der Waals surface area contributed by atoms with E-state index in [0.717, 1.165) is 32.0 Å². The highest BCUT2D eigenvalue weighted by molar-refractivity contribution is 5.45. The van der Waals surface area contributed by atoms with Gasteiger partial charge in [0.05, 0.1) is 0 Å². The highest BCUT2D eigenvalue weighted by atomic mass is 19.4. The zero-order chi connectivity index (χ0) is 12.8. The third-order valence-electron chi connectivity index (χ3n) is 3.67. The molecule has 3 heterocycles. The van der Waals surface area contributed by atoms with Gasteiger partial charge in [-0.1, -0.05) is 6.07 Å². The molecule has 0 spiro atoms. The summed E-state index contributed by atoms with van der Waals surface area (Å²) in [5.74, 6) is 0.457. The molecule has 2 unspecified atom stereocenters. The van der Waals surface area contributed by atoms with E-state index >= 15 is 0 Å². The van der Waals surface area contributed by atoms with Crippen LogP contribution in [0.15, 0.2) is 18.2 Å². The number of aromatic nitrogens is 1. The Hall–Kier alpha value is -1.30. The zero-order valence-corrected chi connectivity index (χ0v) is 9.74. The van der Waals surface area contributed by atoms with Gasteiger partial charge in [-0.05, 0) is 25.0 Å². The van der Waals surface area contributed by atoms with Crippen molar-refractivity contribution >= 4 is 5.82 Å². The van der Waals surface area contributed by atoms with Crippen LogP contribution in [-0.4, -0.2) is 30.2 Å². The maximum absolute atomic E-state index is 12.7. The second-order valence-corrected chi connectivity index (χ2v) is 4.83. The lowest BCUT2D eigenvalue weighted by atomic mass is 10.2. The number of piperazine rings is 1. The molecule has 2 aliphatic rings. The summed E-state index contributed by atoms with van der Waals surface area (Å²) in [6, 6.07) is 4.69. The van der Waals surface area contributed by atoms with Gasteiger partial charge in [0.2, 0.25) is 0 Å². The average molecular weight is 257 g/mol. The Morgan fingerprint density at radius 3 is 2.44 bits per heavy atom. The second-order valence-electron chi connectivity index (χ2n) is 4.83. The fraction of sp³-hybridized carbons (Fsp3) is 0.583. The monoisotopic (exact) mass is 257 g/mol. The lowest BCUT2D eigenvalue weighted by Gasteiger charge is -2.36. The van der Waals surface area contributed by atoms with Crippen molar-refractivity contribution in [2.75, 3.05) is 18.0 Å². The maximum atomic E-state index is 12.7. The smallest absolute Gasteiger partial charge is 0.348 e. The predicted molar refractivity (Wildman–Crippen MR) is 61.4 cm³/mol. The molecule has 2 atom stereocenters. The van der Waals surface area contributed by atoms with Crippen molar-refractivity contribution in [2.24, 2.45) is 0 Å². The number of rotatable bonds is 1. The first kappa shape index (κ1) is 11.8. The molecule has 0 radical (unpaired) electrons. The molecule has 0 aliphatic carbocycles. The summed E-state index contributed by atoms with van der Waals surface area (Å²) in [6.45, 7) is 1.66. The van der Waals surface area contributed by atoms with E-state index < -0.39 is 11.9 Å². The zero-order valence-electron chi connectivity index (χ0n) is 9.74. The van der Waals surface area contributed by atoms with Crippen LogP contribution < -0.4 is 10.2 Å². The SMILES string of the molecule is FC(F)(F)c1cccc(N2C3CCC2CNC3)n1. The van der Waals surface area contributed by atoms with Gasteiger partial charge in [-0.2, -0.15) is 13.2 Å². The minimum Gasteiger partial charge on any atom is -0.348 e. The summed E-state index contributed by atoms with van der Waals surface area (Å²) in [6.07, 6.45) is -2.33. The Balaban J connectivity index is 1.93. The highest BCUT2D eigenvalue weighted by Gasteiger charge is 2.38. The molecule has 0 amide bonds. The molecule has 2 saturated heterocycles. The second kappa shape index (κ2) is 4.12. The van der Waals surface area contributed by atoms with Crippen LogP contribution in [0.1, 0.15) is 18.5 Å². The molecule has 2 bridgehead atoms. The standard InChI is InChI=1S/C12H14F3N3/c13-12(14,15)10-2-1-3-11(17-10)18-8-4-5-9(18)7-16-6-8/h1-3,8-9,16H,4-7H2. The summed E-state index contributed by atoms with van der Waals surface area (Å²) in [5.41, 5.74) is -0.807. The number of pyridine rings is 1. The number of alkyl halides is 3. The Kier molecular flexibility index (Phi) is 2.69. The number of halogens is 3. The summed E-state index contributed by atoms with van der Waals surface area (Å²) >= 11 is 0. The van der Waals surface area contributed by atoms with Crippen LogP contribution in [0, 0.1) is 0 Å². The van der Waals surface area contributed by atoms with Gasteiger partial charge in [-0.25, -0.2) is 4.98 Å². The molecule has 0 aromatic carbocycles. The molecule has 6 heteroatoms. The number of nitrogens with zero attached hydrogens (tertiary/aromatic N) is 2.